The molecule has 1 heteroatoms. The van der Waals surface area contributed by atoms with Gasteiger partial charge in [0, 0.05) is 6.04 Å². The zero-order valence-electron chi connectivity index (χ0n) is 10.9. The van der Waals surface area contributed by atoms with Crippen molar-refractivity contribution >= 4 is 0 Å². The molecule has 0 aromatic heterocycles. The van der Waals surface area contributed by atoms with Gasteiger partial charge in [0.05, 0.1) is 0 Å². The SMILES string of the molecule is CCNC(c1cccc(C)c1)C1CC2CC2C1. The van der Waals surface area contributed by atoms with Crippen molar-refractivity contribution in [2.75, 3.05) is 6.54 Å². The van der Waals surface area contributed by atoms with Gasteiger partial charge in [0.2, 0.25) is 0 Å². The molecular formula is C16H23N. The van der Waals surface area contributed by atoms with E-state index in [-0.39, 0.29) is 0 Å². The van der Waals surface area contributed by atoms with Crippen LogP contribution in [0.5, 0.6) is 0 Å². The van der Waals surface area contributed by atoms with Gasteiger partial charge in [-0.15, -0.1) is 0 Å². The van der Waals surface area contributed by atoms with E-state index in [4.69, 9.17) is 0 Å². The van der Waals surface area contributed by atoms with E-state index in [2.05, 4.69) is 43.4 Å². The van der Waals surface area contributed by atoms with Crippen molar-refractivity contribution in [3.05, 3.63) is 35.4 Å². The predicted octanol–water partition coefficient (Wildman–Crippen LogP) is 3.69. The second-order valence-corrected chi connectivity index (χ2v) is 5.94. The van der Waals surface area contributed by atoms with Gasteiger partial charge in [-0.3, -0.25) is 0 Å². The lowest BCUT2D eigenvalue weighted by atomic mass is 9.88. The maximum atomic E-state index is 3.71. The smallest absolute Gasteiger partial charge is 0.0348 e. The van der Waals surface area contributed by atoms with Crippen LogP contribution in [0.4, 0.5) is 0 Å². The zero-order valence-corrected chi connectivity index (χ0v) is 10.9. The topological polar surface area (TPSA) is 12.0 Å². The molecule has 2 saturated carbocycles. The number of hydrogen-bond donors (Lipinski definition) is 1. The van der Waals surface area contributed by atoms with Crippen LogP contribution in [0, 0.1) is 24.7 Å². The summed E-state index contributed by atoms with van der Waals surface area (Å²) in [6, 6.07) is 9.64. The number of fused-ring (bicyclic) bond motifs is 1. The standard InChI is InChI=1S/C16H23N/c1-3-17-16(12-6-4-5-11(2)7-12)15-9-13-8-14(13)10-15/h4-7,13-17H,3,8-10H2,1-2H3. The van der Waals surface area contributed by atoms with Crippen molar-refractivity contribution < 1.29 is 0 Å². The minimum Gasteiger partial charge on any atom is -0.310 e. The van der Waals surface area contributed by atoms with Crippen molar-refractivity contribution in [2.24, 2.45) is 17.8 Å². The molecular weight excluding hydrogens is 206 g/mol. The number of hydrogen-bond acceptors (Lipinski definition) is 1. The lowest BCUT2D eigenvalue weighted by Gasteiger charge is -2.26. The summed E-state index contributed by atoms with van der Waals surface area (Å²) in [5.41, 5.74) is 2.88. The van der Waals surface area contributed by atoms with Crippen LogP contribution in [-0.2, 0) is 0 Å². The van der Waals surface area contributed by atoms with Gasteiger partial charge < -0.3 is 5.32 Å². The summed E-state index contributed by atoms with van der Waals surface area (Å²) in [5, 5.41) is 3.71. The summed E-state index contributed by atoms with van der Waals surface area (Å²) >= 11 is 0. The lowest BCUT2D eigenvalue weighted by molar-refractivity contribution is 0.346. The highest BCUT2D eigenvalue weighted by Gasteiger charge is 2.47. The molecule has 0 aliphatic heterocycles. The molecule has 2 fully saturated rings. The summed E-state index contributed by atoms with van der Waals surface area (Å²) < 4.78 is 0. The summed E-state index contributed by atoms with van der Waals surface area (Å²) in [6.07, 6.45) is 4.43. The van der Waals surface area contributed by atoms with Crippen LogP contribution < -0.4 is 5.32 Å². The Morgan fingerprint density at radius 3 is 2.65 bits per heavy atom. The van der Waals surface area contributed by atoms with Crippen LogP contribution in [0.15, 0.2) is 24.3 Å². The predicted molar refractivity (Wildman–Crippen MR) is 71.9 cm³/mol. The molecule has 1 aromatic rings. The molecule has 3 rings (SSSR count). The van der Waals surface area contributed by atoms with Crippen molar-refractivity contribution in [2.45, 2.75) is 39.2 Å². The Hall–Kier alpha value is -0.820. The van der Waals surface area contributed by atoms with Crippen LogP contribution >= 0.6 is 0 Å². The molecule has 0 spiro atoms. The number of rotatable bonds is 4. The summed E-state index contributed by atoms with van der Waals surface area (Å²) in [4.78, 5) is 0. The van der Waals surface area contributed by atoms with E-state index in [9.17, 15) is 0 Å². The quantitative estimate of drug-likeness (QED) is 0.830. The average molecular weight is 229 g/mol. The third kappa shape index (κ3) is 2.26. The summed E-state index contributed by atoms with van der Waals surface area (Å²) in [6.45, 7) is 5.49. The Kier molecular flexibility index (Phi) is 2.96. The van der Waals surface area contributed by atoms with E-state index in [0.717, 1.165) is 24.3 Å². The molecule has 0 radical (unpaired) electrons. The van der Waals surface area contributed by atoms with Crippen molar-refractivity contribution in [1.29, 1.82) is 0 Å². The second-order valence-electron chi connectivity index (χ2n) is 5.94. The van der Waals surface area contributed by atoms with E-state index in [1.165, 1.54) is 30.4 Å². The highest BCUT2D eigenvalue weighted by atomic mass is 14.9. The Morgan fingerprint density at radius 2 is 2.00 bits per heavy atom. The number of benzene rings is 1. The minimum absolute atomic E-state index is 0.590. The van der Waals surface area contributed by atoms with Gasteiger partial charge in [0.1, 0.15) is 0 Å². The lowest BCUT2D eigenvalue weighted by Crippen LogP contribution is -2.27. The Morgan fingerprint density at radius 1 is 1.24 bits per heavy atom. The molecule has 3 atom stereocenters. The monoisotopic (exact) mass is 229 g/mol. The van der Waals surface area contributed by atoms with Crippen LogP contribution in [-0.4, -0.2) is 6.54 Å². The molecule has 92 valence electrons. The van der Waals surface area contributed by atoms with E-state index >= 15 is 0 Å². The Labute approximate surface area is 105 Å². The maximum Gasteiger partial charge on any atom is 0.0348 e. The molecule has 2 aliphatic carbocycles. The van der Waals surface area contributed by atoms with Gasteiger partial charge in [0.15, 0.2) is 0 Å². The van der Waals surface area contributed by atoms with E-state index in [1.54, 1.807) is 0 Å². The van der Waals surface area contributed by atoms with Gasteiger partial charge in [-0.05, 0) is 56.0 Å². The first kappa shape index (κ1) is 11.3. The molecule has 0 bridgehead atoms. The van der Waals surface area contributed by atoms with E-state index in [1.807, 2.05) is 0 Å². The largest absolute Gasteiger partial charge is 0.310 e. The fourth-order valence-corrected chi connectivity index (χ4v) is 3.67. The second kappa shape index (κ2) is 4.45. The van der Waals surface area contributed by atoms with Gasteiger partial charge in [0.25, 0.3) is 0 Å². The van der Waals surface area contributed by atoms with Gasteiger partial charge in [-0.25, -0.2) is 0 Å². The molecule has 2 aliphatic rings. The minimum atomic E-state index is 0.590. The molecule has 17 heavy (non-hydrogen) atoms. The molecule has 0 saturated heterocycles. The van der Waals surface area contributed by atoms with Crippen molar-refractivity contribution in [3.8, 4) is 0 Å². The average Bonchev–Trinajstić information content (AvgIpc) is 2.93. The highest BCUT2D eigenvalue weighted by molar-refractivity contribution is 5.26. The summed E-state index contributed by atoms with van der Waals surface area (Å²) in [7, 11) is 0. The number of nitrogens with one attached hydrogen (secondary N) is 1. The van der Waals surface area contributed by atoms with Crippen LogP contribution in [0.25, 0.3) is 0 Å². The van der Waals surface area contributed by atoms with Gasteiger partial charge in [-0.2, -0.15) is 0 Å². The Bertz CT molecular complexity index is 388. The van der Waals surface area contributed by atoms with Crippen LogP contribution in [0.1, 0.15) is 43.4 Å². The third-order valence-corrected chi connectivity index (χ3v) is 4.58. The van der Waals surface area contributed by atoms with Gasteiger partial charge >= 0.3 is 0 Å². The van der Waals surface area contributed by atoms with Crippen LogP contribution in [0.3, 0.4) is 0 Å². The fraction of sp³-hybridized carbons (Fsp3) is 0.625. The third-order valence-electron chi connectivity index (χ3n) is 4.58. The molecule has 1 nitrogen and oxygen atoms in total. The zero-order chi connectivity index (χ0) is 11.8. The van der Waals surface area contributed by atoms with Gasteiger partial charge in [-0.1, -0.05) is 36.8 Å². The van der Waals surface area contributed by atoms with Crippen molar-refractivity contribution in [1.82, 2.24) is 5.32 Å². The number of aryl methyl sites for hydroxylation is 1. The molecule has 3 unspecified atom stereocenters. The molecule has 0 amide bonds. The summed E-state index contributed by atoms with van der Waals surface area (Å²) in [5.74, 6) is 3.03. The van der Waals surface area contributed by atoms with E-state index in [0.29, 0.717) is 6.04 Å². The van der Waals surface area contributed by atoms with Crippen LogP contribution in [0.2, 0.25) is 0 Å². The van der Waals surface area contributed by atoms with E-state index < -0.39 is 0 Å². The fourth-order valence-electron chi connectivity index (χ4n) is 3.67. The maximum absolute atomic E-state index is 3.71. The van der Waals surface area contributed by atoms with Crippen molar-refractivity contribution in [3.63, 3.8) is 0 Å². The first-order valence-electron chi connectivity index (χ1n) is 7.08. The molecule has 1 aromatic carbocycles. The first-order chi connectivity index (χ1) is 8.28. The Balaban J connectivity index is 1.79. The first-order valence-corrected chi connectivity index (χ1v) is 7.08. The highest BCUT2D eigenvalue weighted by Crippen LogP contribution is 2.57. The normalized spacial score (nSPS) is 32.2. The molecule has 1 N–H and O–H groups in total. The molecule has 0 heterocycles.